The number of rotatable bonds is 24. The summed E-state index contributed by atoms with van der Waals surface area (Å²) in [4.78, 5) is 134. The number of aliphatic hydroxyl groups is 2. The lowest BCUT2D eigenvalue weighted by Gasteiger charge is -2.33. The molecule has 0 saturated carbocycles. The third kappa shape index (κ3) is 21.6. The second-order valence-corrected chi connectivity index (χ2v) is 19.8. The molecule has 402 valence electrons. The van der Waals surface area contributed by atoms with Crippen LogP contribution in [0.4, 0.5) is 0 Å². The fourth-order valence-corrected chi connectivity index (χ4v) is 9.19. The monoisotopic (exact) mass is 1060 g/mol. The standard InChI is InChI=1S/C47H68N10O14S2/c1-28(58)40-44(67)54-34(26-29-9-5-4-6-10-29)45(68)56(2)35(16-17-36(60)49-21-22-50-37(61)18-23-72-73-24-19-39(63)57(3)46(69)47(70)71)43(66)53-33(25-30-12-14-31(59)15-13-30)41(64)51-27-38(62)52-32(42(65)55-40)11-7-8-20-48/h4-6,9-10,12-15,28,32-35,40,46,58-59,69H,7-8,11,16-27,48H2,1-3H3,(H,49,60)(H,50,61)(H,51,64)(H,52,62)(H,53,66)(H,54,67)(H,55,65)(H,70,71)/t28-,32+,33+,34+,35+,40?,46+/m1/s1. The van der Waals surface area contributed by atoms with Crippen LogP contribution < -0.4 is 43.0 Å². The maximum absolute atomic E-state index is 14.7. The molecule has 73 heavy (non-hydrogen) atoms. The minimum absolute atomic E-state index is 0.0149. The molecule has 9 amide bonds. The quantitative estimate of drug-likeness (QED) is 0.0297. The molecule has 26 heteroatoms. The van der Waals surface area contributed by atoms with Crippen LogP contribution in [-0.2, 0) is 60.8 Å². The number of likely N-dealkylation sites (N-methyl/N-ethyl adjacent to an activating group) is 2. The highest BCUT2D eigenvalue weighted by Gasteiger charge is 2.37. The first-order chi connectivity index (χ1) is 34.7. The zero-order chi connectivity index (χ0) is 54.0. The summed E-state index contributed by atoms with van der Waals surface area (Å²) in [6.07, 6.45) is -3.38. The number of nitrogens with one attached hydrogen (secondary N) is 7. The molecular weight excluding hydrogens is 993 g/mol. The normalized spacial score (nSPS) is 20.1. The lowest BCUT2D eigenvalue weighted by Crippen LogP contribution is -2.62. The van der Waals surface area contributed by atoms with E-state index in [2.05, 4.69) is 37.2 Å². The molecule has 1 unspecified atom stereocenters. The van der Waals surface area contributed by atoms with Crippen LogP contribution in [0.3, 0.4) is 0 Å². The molecule has 1 aliphatic rings. The summed E-state index contributed by atoms with van der Waals surface area (Å²) in [5, 5.41) is 57.2. The van der Waals surface area contributed by atoms with E-state index in [0.29, 0.717) is 35.5 Å². The van der Waals surface area contributed by atoms with E-state index < -0.39 is 102 Å². The van der Waals surface area contributed by atoms with Gasteiger partial charge < -0.3 is 73.2 Å². The van der Waals surface area contributed by atoms with Crippen LogP contribution in [0.5, 0.6) is 5.75 Å². The topological polar surface area (TPSA) is 368 Å². The molecule has 0 aromatic heterocycles. The van der Waals surface area contributed by atoms with Crippen molar-refractivity contribution in [3.05, 3.63) is 65.7 Å². The Morgan fingerprint density at radius 1 is 0.740 bits per heavy atom. The van der Waals surface area contributed by atoms with Crippen LogP contribution in [0.15, 0.2) is 54.6 Å². The number of phenols is 1. The van der Waals surface area contributed by atoms with Gasteiger partial charge in [-0.25, -0.2) is 4.79 Å². The van der Waals surface area contributed by atoms with Crippen molar-refractivity contribution in [1.29, 1.82) is 0 Å². The van der Waals surface area contributed by atoms with Gasteiger partial charge in [-0.05, 0) is 62.4 Å². The van der Waals surface area contributed by atoms with Crippen molar-refractivity contribution in [3.8, 4) is 5.75 Å². The summed E-state index contributed by atoms with van der Waals surface area (Å²) in [7, 11) is 5.06. The van der Waals surface area contributed by atoms with Gasteiger partial charge >= 0.3 is 5.97 Å². The second-order valence-electron chi connectivity index (χ2n) is 17.1. The number of hydrogen-bond acceptors (Lipinski definition) is 16. The SMILES string of the molecule is C[C@@H](O)C1NC(=O)[C@H](CCCCN)NC(=O)CNC(=O)[C@H](Cc2ccc(O)cc2)NC(=O)[C@H](CCC(=O)NCCNC(=O)CCSSCCC(=O)N(C)[C@@H](O)C(=O)O)N(C)C(=O)[C@H](Cc2ccccc2)NC1=O. The third-order valence-corrected chi connectivity index (χ3v) is 13.8. The molecule has 2 aromatic rings. The molecule has 1 saturated heterocycles. The van der Waals surface area contributed by atoms with Crippen LogP contribution >= 0.6 is 21.6 Å². The van der Waals surface area contributed by atoms with Crippen LogP contribution in [-0.4, -0.2) is 184 Å². The fourth-order valence-electron chi connectivity index (χ4n) is 7.22. The number of aliphatic carboxylic acids is 1. The molecule has 0 radical (unpaired) electrons. The number of phenolic OH excluding ortho intramolecular Hbond substituents is 1. The number of carboxylic acid groups (broad SMARTS) is 1. The van der Waals surface area contributed by atoms with E-state index in [0.717, 1.165) is 9.80 Å². The Bertz CT molecular complexity index is 2190. The number of nitrogens with two attached hydrogens (primary N) is 1. The van der Waals surface area contributed by atoms with Crippen molar-refractivity contribution in [2.75, 3.05) is 51.8 Å². The van der Waals surface area contributed by atoms with Gasteiger partial charge in [-0.3, -0.25) is 43.2 Å². The molecule has 2 aromatic carbocycles. The Hall–Kier alpha value is -6.48. The number of nitrogens with zero attached hydrogens (tertiary/aromatic N) is 2. The molecule has 0 bridgehead atoms. The van der Waals surface area contributed by atoms with Gasteiger partial charge in [0.15, 0.2) is 0 Å². The Morgan fingerprint density at radius 3 is 1.95 bits per heavy atom. The lowest BCUT2D eigenvalue weighted by molar-refractivity contribution is -0.163. The average Bonchev–Trinajstić information content (AvgIpc) is 3.36. The van der Waals surface area contributed by atoms with E-state index in [1.165, 1.54) is 66.9 Å². The van der Waals surface area contributed by atoms with Gasteiger partial charge in [-0.15, -0.1) is 0 Å². The molecule has 24 nitrogen and oxygen atoms in total. The summed E-state index contributed by atoms with van der Waals surface area (Å²) in [6, 6.07) is 7.17. The van der Waals surface area contributed by atoms with Crippen molar-refractivity contribution in [2.24, 2.45) is 5.73 Å². The fraction of sp³-hybridized carbons (Fsp3) is 0.532. The van der Waals surface area contributed by atoms with E-state index in [4.69, 9.17) is 10.8 Å². The van der Waals surface area contributed by atoms with Crippen LogP contribution in [0.2, 0.25) is 0 Å². The first-order valence-corrected chi connectivity index (χ1v) is 26.1. The zero-order valence-electron chi connectivity index (χ0n) is 41.0. The van der Waals surface area contributed by atoms with Gasteiger partial charge in [0.05, 0.1) is 12.6 Å². The van der Waals surface area contributed by atoms with Gasteiger partial charge in [0.25, 0.3) is 0 Å². The Labute approximate surface area is 430 Å². The second kappa shape index (κ2) is 31.9. The molecule has 1 fully saturated rings. The molecule has 1 aliphatic heterocycles. The summed E-state index contributed by atoms with van der Waals surface area (Å²) >= 11 is 0. The van der Waals surface area contributed by atoms with E-state index in [1.807, 2.05) is 0 Å². The number of hydrogen-bond donors (Lipinski definition) is 12. The summed E-state index contributed by atoms with van der Waals surface area (Å²) in [5.74, 6) is -7.50. The number of benzene rings is 2. The minimum Gasteiger partial charge on any atom is -0.508 e. The molecule has 13 N–H and O–H groups in total. The number of carboxylic acids is 1. The zero-order valence-corrected chi connectivity index (χ0v) is 42.6. The van der Waals surface area contributed by atoms with Crippen molar-refractivity contribution in [1.82, 2.24) is 47.0 Å². The van der Waals surface area contributed by atoms with E-state index in [-0.39, 0.29) is 76.2 Å². The minimum atomic E-state index is -1.95. The molecule has 0 aliphatic carbocycles. The smallest absolute Gasteiger partial charge is 0.354 e. The summed E-state index contributed by atoms with van der Waals surface area (Å²) < 4.78 is 0. The predicted molar refractivity (Wildman–Crippen MR) is 270 cm³/mol. The molecule has 1 heterocycles. The average molecular weight is 1060 g/mol. The molecule has 3 rings (SSSR count). The van der Waals surface area contributed by atoms with Crippen molar-refractivity contribution in [2.45, 2.75) is 107 Å². The lowest BCUT2D eigenvalue weighted by atomic mass is 10.0. The number of carbonyl (C=O) groups is 10. The highest BCUT2D eigenvalue weighted by atomic mass is 33.1. The Balaban J connectivity index is 1.83. The Kier molecular flexibility index (Phi) is 26.5. The van der Waals surface area contributed by atoms with Crippen molar-refractivity contribution >= 4 is 80.7 Å². The number of carbonyl (C=O) groups excluding carboxylic acids is 9. The largest absolute Gasteiger partial charge is 0.508 e. The van der Waals surface area contributed by atoms with Crippen molar-refractivity contribution < 1.29 is 68.4 Å². The predicted octanol–water partition coefficient (Wildman–Crippen LogP) is -2.38. The highest BCUT2D eigenvalue weighted by Crippen LogP contribution is 2.23. The highest BCUT2D eigenvalue weighted by molar-refractivity contribution is 8.76. The van der Waals surface area contributed by atoms with E-state index >= 15 is 0 Å². The number of aromatic hydroxyl groups is 1. The third-order valence-electron chi connectivity index (χ3n) is 11.4. The molecule has 7 atom stereocenters. The van der Waals surface area contributed by atoms with Gasteiger partial charge in [-0.1, -0.05) is 64.1 Å². The van der Waals surface area contributed by atoms with Crippen LogP contribution in [0, 0.1) is 0 Å². The van der Waals surface area contributed by atoms with Crippen molar-refractivity contribution in [3.63, 3.8) is 0 Å². The first kappa shape index (κ1) is 60.8. The van der Waals surface area contributed by atoms with E-state index in [1.54, 1.807) is 30.3 Å². The number of unbranched alkanes of at least 4 members (excludes halogenated alkanes) is 1. The van der Waals surface area contributed by atoms with Crippen LogP contribution in [0.1, 0.15) is 63.0 Å². The maximum Gasteiger partial charge on any atom is 0.354 e. The maximum atomic E-state index is 14.7. The van der Waals surface area contributed by atoms with Gasteiger partial charge in [0.2, 0.25) is 59.4 Å². The Morgan fingerprint density at radius 2 is 1.33 bits per heavy atom. The van der Waals surface area contributed by atoms with Crippen LogP contribution in [0.25, 0.3) is 0 Å². The first-order valence-electron chi connectivity index (χ1n) is 23.6. The van der Waals surface area contributed by atoms with Gasteiger partial charge in [0.1, 0.15) is 36.0 Å². The molecular formula is C47H68N10O14S2. The van der Waals surface area contributed by atoms with E-state index in [9.17, 15) is 63.3 Å². The summed E-state index contributed by atoms with van der Waals surface area (Å²) in [6.45, 7) is 0.904. The van der Waals surface area contributed by atoms with Gasteiger partial charge in [0, 0.05) is 70.8 Å². The number of aliphatic hydroxyl groups excluding tert-OH is 2. The summed E-state index contributed by atoms with van der Waals surface area (Å²) in [5.41, 5.74) is 6.74. The van der Waals surface area contributed by atoms with Gasteiger partial charge in [-0.2, -0.15) is 0 Å². The molecule has 0 spiro atoms. The number of amides is 9.